The molecule has 0 radical (unpaired) electrons. The quantitative estimate of drug-likeness (QED) is 0.895. The second-order valence-corrected chi connectivity index (χ2v) is 4.24. The Hall–Kier alpha value is -1.87. The van der Waals surface area contributed by atoms with Crippen molar-refractivity contribution in [2.24, 2.45) is 5.73 Å². The predicted molar refractivity (Wildman–Crippen MR) is 69.8 cm³/mol. The highest BCUT2D eigenvalue weighted by atomic mass is 19.1. The topological polar surface area (TPSA) is 35.2 Å². The van der Waals surface area contributed by atoms with Gasteiger partial charge in [-0.15, -0.1) is 0 Å². The fourth-order valence-corrected chi connectivity index (χ4v) is 1.66. The molecule has 0 aliphatic carbocycles. The van der Waals surface area contributed by atoms with Gasteiger partial charge in [-0.1, -0.05) is 30.3 Å². The summed E-state index contributed by atoms with van der Waals surface area (Å²) in [5, 5.41) is 0. The summed E-state index contributed by atoms with van der Waals surface area (Å²) in [6.45, 7) is 2.13. The van der Waals surface area contributed by atoms with E-state index in [1.54, 1.807) is 18.2 Å². The van der Waals surface area contributed by atoms with Crippen molar-refractivity contribution >= 4 is 0 Å². The third-order valence-corrected chi connectivity index (χ3v) is 2.74. The lowest BCUT2D eigenvalue weighted by molar-refractivity contribution is 0.299. The summed E-state index contributed by atoms with van der Waals surface area (Å²) < 4.78 is 19.0. The smallest absolute Gasteiger partial charge is 0.129 e. The van der Waals surface area contributed by atoms with Crippen LogP contribution >= 0.6 is 0 Å². The monoisotopic (exact) mass is 245 g/mol. The third-order valence-electron chi connectivity index (χ3n) is 2.74. The van der Waals surface area contributed by atoms with Gasteiger partial charge < -0.3 is 10.5 Å². The molecule has 0 aliphatic heterocycles. The molecule has 2 aromatic rings. The number of halogens is 1. The normalized spacial score (nSPS) is 12.2. The molecule has 2 rings (SSSR count). The molecule has 0 aromatic heterocycles. The molecular weight excluding hydrogens is 229 g/mol. The lowest BCUT2D eigenvalue weighted by Crippen LogP contribution is -2.05. The van der Waals surface area contributed by atoms with Crippen LogP contribution in [-0.4, -0.2) is 0 Å². The molecule has 3 heteroatoms. The maximum Gasteiger partial charge on any atom is 0.129 e. The molecule has 1 atom stereocenters. The fraction of sp³-hybridized carbons (Fsp3) is 0.200. The summed E-state index contributed by atoms with van der Waals surface area (Å²) in [6, 6.07) is 14.1. The first-order valence-electron chi connectivity index (χ1n) is 5.88. The van der Waals surface area contributed by atoms with E-state index in [1.165, 1.54) is 6.07 Å². The summed E-state index contributed by atoms with van der Waals surface area (Å²) in [7, 11) is 0. The average molecular weight is 245 g/mol. The number of rotatable bonds is 4. The first kappa shape index (κ1) is 12.6. The first-order chi connectivity index (χ1) is 8.66. The molecule has 0 amide bonds. The van der Waals surface area contributed by atoms with E-state index in [4.69, 9.17) is 10.5 Å². The lowest BCUT2D eigenvalue weighted by atomic mass is 10.1. The van der Waals surface area contributed by atoms with Crippen LogP contribution < -0.4 is 10.5 Å². The maximum atomic E-state index is 13.4. The largest absolute Gasteiger partial charge is 0.489 e. The molecule has 2 nitrogen and oxygen atoms in total. The summed E-state index contributed by atoms with van der Waals surface area (Å²) >= 11 is 0. The van der Waals surface area contributed by atoms with E-state index in [0.29, 0.717) is 11.3 Å². The zero-order valence-electron chi connectivity index (χ0n) is 10.3. The molecule has 0 aliphatic rings. The Balaban J connectivity index is 2.07. The Morgan fingerprint density at radius 2 is 1.94 bits per heavy atom. The number of benzene rings is 2. The summed E-state index contributed by atoms with van der Waals surface area (Å²) in [4.78, 5) is 0. The molecule has 0 spiro atoms. The summed E-state index contributed by atoms with van der Waals surface area (Å²) in [5.41, 5.74) is 7.34. The predicted octanol–water partition coefficient (Wildman–Crippen LogP) is 3.42. The highest BCUT2D eigenvalue weighted by Gasteiger charge is 2.04. The van der Waals surface area contributed by atoms with E-state index >= 15 is 0 Å². The minimum atomic E-state index is -0.249. The molecule has 0 unspecified atom stereocenters. The standard InChI is InChI=1S/C15H16FNO/c1-11(17)12-6-4-7-14(9-12)18-10-13-5-2-3-8-15(13)16/h2-9,11H,10,17H2,1H3/t11-/m1/s1. The van der Waals surface area contributed by atoms with Gasteiger partial charge in [-0.25, -0.2) is 4.39 Å². The zero-order valence-corrected chi connectivity index (χ0v) is 10.3. The van der Waals surface area contributed by atoms with Crippen molar-refractivity contribution in [2.45, 2.75) is 19.6 Å². The van der Waals surface area contributed by atoms with Crippen LogP contribution in [0.4, 0.5) is 4.39 Å². The van der Waals surface area contributed by atoms with Crippen molar-refractivity contribution in [1.29, 1.82) is 0 Å². The molecule has 0 bridgehead atoms. The molecule has 0 saturated carbocycles. The van der Waals surface area contributed by atoms with Crippen LogP contribution in [0, 0.1) is 5.82 Å². The Bertz CT molecular complexity index is 525. The second kappa shape index (κ2) is 5.65. The number of nitrogens with two attached hydrogens (primary N) is 1. The molecule has 0 fully saturated rings. The van der Waals surface area contributed by atoms with E-state index in [-0.39, 0.29) is 18.5 Å². The number of ether oxygens (including phenoxy) is 1. The highest BCUT2D eigenvalue weighted by Crippen LogP contribution is 2.19. The minimum Gasteiger partial charge on any atom is -0.489 e. The molecule has 0 saturated heterocycles. The van der Waals surface area contributed by atoms with Crippen molar-refractivity contribution in [2.75, 3.05) is 0 Å². The third kappa shape index (κ3) is 3.08. The van der Waals surface area contributed by atoms with Gasteiger partial charge in [0.05, 0.1) is 0 Å². The van der Waals surface area contributed by atoms with Crippen LogP contribution in [0.2, 0.25) is 0 Å². The number of hydrogen-bond donors (Lipinski definition) is 1. The second-order valence-electron chi connectivity index (χ2n) is 4.24. The maximum absolute atomic E-state index is 13.4. The molecule has 0 heterocycles. The van der Waals surface area contributed by atoms with Gasteiger partial charge in [-0.3, -0.25) is 0 Å². The van der Waals surface area contributed by atoms with Crippen LogP contribution in [0.25, 0.3) is 0 Å². The SMILES string of the molecule is C[C@@H](N)c1cccc(OCc2ccccc2F)c1. The van der Waals surface area contributed by atoms with Crippen LogP contribution in [0.3, 0.4) is 0 Å². The van der Waals surface area contributed by atoms with Crippen LogP contribution in [0.5, 0.6) is 5.75 Å². The molecule has 2 aromatic carbocycles. The Labute approximate surface area is 106 Å². The van der Waals surface area contributed by atoms with Gasteiger partial charge >= 0.3 is 0 Å². The van der Waals surface area contributed by atoms with Gasteiger partial charge in [-0.2, -0.15) is 0 Å². The van der Waals surface area contributed by atoms with E-state index in [0.717, 1.165) is 5.56 Å². The van der Waals surface area contributed by atoms with Gasteiger partial charge in [0.1, 0.15) is 18.2 Å². The van der Waals surface area contributed by atoms with E-state index in [2.05, 4.69) is 0 Å². The van der Waals surface area contributed by atoms with Gasteiger partial charge in [0.2, 0.25) is 0 Å². The van der Waals surface area contributed by atoms with E-state index in [9.17, 15) is 4.39 Å². The van der Waals surface area contributed by atoms with Gasteiger partial charge in [-0.05, 0) is 30.7 Å². The molecular formula is C15H16FNO. The fourth-order valence-electron chi connectivity index (χ4n) is 1.66. The van der Waals surface area contributed by atoms with Crippen molar-refractivity contribution in [3.63, 3.8) is 0 Å². The van der Waals surface area contributed by atoms with Gasteiger partial charge in [0.25, 0.3) is 0 Å². The number of hydrogen-bond acceptors (Lipinski definition) is 2. The van der Waals surface area contributed by atoms with Crippen molar-refractivity contribution in [3.8, 4) is 5.75 Å². The van der Waals surface area contributed by atoms with Crippen molar-refractivity contribution < 1.29 is 9.13 Å². The van der Waals surface area contributed by atoms with Crippen LogP contribution in [-0.2, 0) is 6.61 Å². The van der Waals surface area contributed by atoms with Crippen LogP contribution in [0.1, 0.15) is 24.1 Å². The van der Waals surface area contributed by atoms with Crippen LogP contribution in [0.15, 0.2) is 48.5 Å². The van der Waals surface area contributed by atoms with Gasteiger partial charge in [0.15, 0.2) is 0 Å². The van der Waals surface area contributed by atoms with E-state index in [1.807, 2.05) is 31.2 Å². The molecule has 2 N–H and O–H groups in total. The Kier molecular flexibility index (Phi) is 3.95. The first-order valence-corrected chi connectivity index (χ1v) is 5.88. The summed E-state index contributed by atoms with van der Waals surface area (Å²) in [5.74, 6) is 0.453. The van der Waals surface area contributed by atoms with Crippen molar-refractivity contribution in [3.05, 3.63) is 65.5 Å². The Morgan fingerprint density at radius 1 is 1.17 bits per heavy atom. The zero-order chi connectivity index (χ0) is 13.0. The van der Waals surface area contributed by atoms with Crippen molar-refractivity contribution in [1.82, 2.24) is 0 Å². The summed E-state index contributed by atoms with van der Waals surface area (Å²) in [6.07, 6.45) is 0. The van der Waals surface area contributed by atoms with E-state index < -0.39 is 0 Å². The molecule has 18 heavy (non-hydrogen) atoms. The molecule has 94 valence electrons. The average Bonchev–Trinajstić information content (AvgIpc) is 2.38. The lowest BCUT2D eigenvalue weighted by Gasteiger charge is -2.10. The highest BCUT2D eigenvalue weighted by molar-refractivity contribution is 5.30. The minimum absolute atomic E-state index is 0.0398. The Morgan fingerprint density at radius 3 is 2.67 bits per heavy atom. The van der Waals surface area contributed by atoms with Gasteiger partial charge in [0, 0.05) is 11.6 Å².